The lowest BCUT2D eigenvalue weighted by Gasteiger charge is -2.49. The molecule has 0 spiro atoms. The number of nitrogens with one attached hydrogen (secondary N) is 2. The van der Waals surface area contributed by atoms with Crippen molar-refractivity contribution in [3.8, 4) is 5.75 Å². The normalized spacial score (nSPS) is 24.4. The molecule has 0 unspecified atom stereocenters. The molecule has 5 nitrogen and oxygen atoms in total. The van der Waals surface area contributed by atoms with Gasteiger partial charge in [-0.25, -0.2) is 4.79 Å². The molecule has 2 aromatic carbocycles. The van der Waals surface area contributed by atoms with E-state index < -0.39 is 0 Å². The zero-order valence-electron chi connectivity index (χ0n) is 16.4. The SMILES string of the molecule is COc1ccc(NC(=O)NC2C[C@@H]3CCC[C@@H](C2)N3Cc2ccccc2)cc1. The number of carbonyl (C=O) groups is 1. The zero-order valence-corrected chi connectivity index (χ0v) is 16.4. The third-order valence-electron chi connectivity index (χ3n) is 6.02. The number of carbonyl (C=O) groups excluding carboxylic acids is 1. The minimum atomic E-state index is -0.121. The fourth-order valence-electron chi connectivity index (χ4n) is 4.68. The number of ether oxygens (including phenoxy) is 1. The van der Waals surface area contributed by atoms with Crippen LogP contribution in [0.1, 0.15) is 37.7 Å². The highest BCUT2D eigenvalue weighted by Crippen LogP contribution is 2.35. The average Bonchev–Trinajstić information content (AvgIpc) is 2.70. The zero-order chi connectivity index (χ0) is 19.3. The van der Waals surface area contributed by atoms with Crippen LogP contribution in [0.3, 0.4) is 0 Å². The van der Waals surface area contributed by atoms with E-state index in [2.05, 4.69) is 45.9 Å². The fourth-order valence-corrected chi connectivity index (χ4v) is 4.68. The number of benzene rings is 2. The molecule has 2 aliphatic heterocycles. The predicted molar refractivity (Wildman–Crippen MR) is 112 cm³/mol. The quantitative estimate of drug-likeness (QED) is 0.809. The van der Waals surface area contributed by atoms with E-state index in [-0.39, 0.29) is 12.1 Å². The van der Waals surface area contributed by atoms with Crippen LogP contribution in [0.25, 0.3) is 0 Å². The van der Waals surface area contributed by atoms with Gasteiger partial charge >= 0.3 is 6.03 Å². The van der Waals surface area contributed by atoms with Crippen molar-refractivity contribution in [2.45, 2.75) is 56.8 Å². The molecule has 2 bridgehead atoms. The van der Waals surface area contributed by atoms with Gasteiger partial charge in [-0.15, -0.1) is 0 Å². The summed E-state index contributed by atoms with van der Waals surface area (Å²) >= 11 is 0. The number of fused-ring (bicyclic) bond motifs is 2. The topological polar surface area (TPSA) is 53.6 Å². The maximum atomic E-state index is 12.5. The molecule has 28 heavy (non-hydrogen) atoms. The van der Waals surface area contributed by atoms with Crippen LogP contribution >= 0.6 is 0 Å². The molecule has 2 N–H and O–H groups in total. The third kappa shape index (κ3) is 4.47. The van der Waals surface area contributed by atoms with Gasteiger partial charge in [-0.05, 0) is 55.5 Å². The lowest BCUT2D eigenvalue weighted by Crippen LogP contribution is -2.56. The highest BCUT2D eigenvalue weighted by molar-refractivity contribution is 5.89. The summed E-state index contributed by atoms with van der Waals surface area (Å²) in [6.45, 7) is 1.01. The number of amides is 2. The molecule has 2 atom stereocenters. The lowest BCUT2D eigenvalue weighted by molar-refractivity contribution is 0.0200. The highest BCUT2D eigenvalue weighted by atomic mass is 16.5. The first kappa shape index (κ1) is 18.8. The number of hydrogen-bond acceptors (Lipinski definition) is 3. The second kappa shape index (κ2) is 8.65. The smallest absolute Gasteiger partial charge is 0.319 e. The van der Waals surface area contributed by atoms with Crippen molar-refractivity contribution in [1.82, 2.24) is 10.2 Å². The van der Waals surface area contributed by atoms with E-state index in [1.165, 1.54) is 24.8 Å². The molecule has 4 rings (SSSR count). The molecular weight excluding hydrogens is 350 g/mol. The number of piperidine rings is 2. The van der Waals surface area contributed by atoms with E-state index in [0.29, 0.717) is 12.1 Å². The number of urea groups is 1. The Kier molecular flexibility index (Phi) is 5.81. The average molecular weight is 380 g/mol. The van der Waals surface area contributed by atoms with Gasteiger partial charge < -0.3 is 15.4 Å². The Balaban J connectivity index is 1.33. The Morgan fingerprint density at radius 3 is 2.36 bits per heavy atom. The minimum Gasteiger partial charge on any atom is -0.497 e. The maximum Gasteiger partial charge on any atom is 0.319 e. The largest absolute Gasteiger partial charge is 0.497 e. The summed E-state index contributed by atoms with van der Waals surface area (Å²) in [5, 5.41) is 6.14. The van der Waals surface area contributed by atoms with Crippen molar-refractivity contribution in [2.75, 3.05) is 12.4 Å². The predicted octanol–water partition coefficient (Wildman–Crippen LogP) is 4.40. The molecular formula is C23H29N3O2. The molecule has 0 aromatic heterocycles. The standard InChI is InChI=1S/C23H29N3O2/c1-28-22-12-10-18(11-13-22)24-23(27)25-19-14-20-8-5-9-21(15-19)26(20)16-17-6-3-2-4-7-17/h2-4,6-7,10-13,19-21H,5,8-9,14-16H2,1H3,(H2,24,25,27)/t20-,21-/m0/s1. The molecule has 2 fully saturated rings. The molecule has 0 saturated carbocycles. The number of methoxy groups -OCH3 is 1. The van der Waals surface area contributed by atoms with E-state index >= 15 is 0 Å². The van der Waals surface area contributed by atoms with Crippen LogP contribution in [-0.2, 0) is 6.54 Å². The summed E-state index contributed by atoms with van der Waals surface area (Å²) in [5.74, 6) is 0.782. The van der Waals surface area contributed by atoms with Crippen LogP contribution in [0.2, 0.25) is 0 Å². The van der Waals surface area contributed by atoms with Crippen molar-refractivity contribution in [2.24, 2.45) is 0 Å². The van der Waals surface area contributed by atoms with Crippen molar-refractivity contribution >= 4 is 11.7 Å². The fraction of sp³-hybridized carbons (Fsp3) is 0.435. The van der Waals surface area contributed by atoms with Crippen LogP contribution < -0.4 is 15.4 Å². The van der Waals surface area contributed by atoms with E-state index in [1.54, 1.807) is 7.11 Å². The number of nitrogens with zero attached hydrogens (tertiary/aromatic N) is 1. The second-order valence-electron chi connectivity index (χ2n) is 7.89. The Hall–Kier alpha value is -2.53. The summed E-state index contributed by atoms with van der Waals surface area (Å²) < 4.78 is 5.16. The molecule has 2 aliphatic rings. The van der Waals surface area contributed by atoms with Gasteiger partial charge in [-0.1, -0.05) is 36.8 Å². The summed E-state index contributed by atoms with van der Waals surface area (Å²) in [7, 11) is 1.64. The monoisotopic (exact) mass is 379 g/mol. The Labute approximate surface area is 167 Å². The summed E-state index contributed by atoms with van der Waals surface area (Å²) in [6.07, 6.45) is 5.80. The van der Waals surface area contributed by atoms with E-state index in [1.807, 2.05) is 24.3 Å². The Bertz CT molecular complexity index is 764. The first-order chi connectivity index (χ1) is 13.7. The molecule has 2 aromatic rings. The summed E-state index contributed by atoms with van der Waals surface area (Å²) in [5.41, 5.74) is 2.16. The molecule has 2 heterocycles. The first-order valence-corrected chi connectivity index (χ1v) is 10.2. The van der Waals surface area contributed by atoms with Crippen molar-refractivity contribution in [3.05, 3.63) is 60.2 Å². The Morgan fingerprint density at radius 2 is 1.71 bits per heavy atom. The first-order valence-electron chi connectivity index (χ1n) is 10.2. The van der Waals surface area contributed by atoms with Gasteiger partial charge in [0.1, 0.15) is 5.75 Å². The molecule has 148 valence electrons. The van der Waals surface area contributed by atoms with Crippen LogP contribution in [0.5, 0.6) is 5.75 Å². The van der Waals surface area contributed by atoms with Gasteiger partial charge in [-0.2, -0.15) is 0 Å². The minimum absolute atomic E-state index is 0.121. The van der Waals surface area contributed by atoms with Crippen molar-refractivity contribution in [1.29, 1.82) is 0 Å². The molecule has 0 radical (unpaired) electrons. The highest BCUT2D eigenvalue weighted by Gasteiger charge is 2.38. The number of hydrogen-bond donors (Lipinski definition) is 2. The second-order valence-corrected chi connectivity index (χ2v) is 7.89. The number of anilines is 1. The van der Waals surface area contributed by atoms with Gasteiger partial charge in [0, 0.05) is 30.4 Å². The molecule has 2 amide bonds. The summed E-state index contributed by atoms with van der Waals surface area (Å²) in [6, 6.07) is 19.4. The molecule has 0 aliphatic carbocycles. The van der Waals surface area contributed by atoms with Gasteiger partial charge in [0.2, 0.25) is 0 Å². The van der Waals surface area contributed by atoms with Gasteiger partial charge in [0.05, 0.1) is 7.11 Å². The van der Waals surface area contributed by atoms with Crippen LogP contribution in [0.4, 0.5) is 10.5 Å². The van der Waals surface area contributed by atoms with Crippen LogP contribution in [0, 0.1) is 0 Å². The van der Waals surface area contributed by atoms with E-state index in [4.69, 9.17) is 4.74 Å². The lowest BCUT2D eigenvalue weighted by atomic mass is 9.81. The Morgan fingerprint density at radius 1 is 1.04 bits per heavy atom. The van der Waals surface area contributed by atoms with Gasteiger partial charge in [0.25, 0.3) is 0 Å². The van der Waals surface area contributed by atoms with Gasteiger partial charge in [-0.3, -0.25) is 4.90 Å². The van der Waals surface area contributed by atoms with Crippen LogP contribution in [-0.4, -0.2) is 36.2 Å². The third-order valence-corrected chi connectivity index (χ3v) is 6.02. The summed E-state index contributed by atoms with van der Waals surface area (Å²) in [4.78, 5) is 15.1. The molecule has 2 saturated heterocycles. The van der Waals surface area contributed by atoms with E-state index in [0.717, 1.165) is 30.8 Å². The van der Waals surface area contributed by atoms with Gasteiger partial charge in [0.15, 0.2) is 0 Å². The van der Waals surface area contributed by atoms with Crippen LogP contribution in [0.15, 0.2) is 54.6 Å². The molecule has 5 heteroatoms. The van der Waals surface area contributed by atoms with E-state index in [9.17, 15) is 4.79 Å². The number of rotatable bonds is 5. The maximum absolute atomic E-state index is 12.5. The van der Waals surface area contributed by atoms with Crippen molar-refractivity contribution in [3.63, 3.8) is 0 Å². The van der Waals surface area contributed by atoms with Crippen molar-refractivity contribution < 1.29 is 9.53 Å².